The molecule has 2 unspecified atom stereocenters. The summed E-state index contributed by atoms with van der Waals surface area (Å²) in [6.07, 6.45) is 12.0. The smallest absolute Gasteiger partial charge is 0.385 e. The molecule has 3 heterocycles. The van der Waals surface area contributed by atoms with Gasteiger partial charge in [-0.2, -0.15) is 0 Å². The number of fused-ring (bicyclic) bond motifs is 9. The maximum absolute atomic E-state index is 14.1. The van der Waals surface area contributed by atoms with E-state index < -0.39 is 31.4 Å². The van der Waals surface area contributed by atoms with Gasteiger partial charge in [0.05, 0.1) is 16.6 Å². The monoisotopic (exact) mass is 629 g/mol. The Morgan fingerprint density at radius 3 is 2.44 bits per heavy atom. The molecule has 9 nitrogen and oxygen atoms in total. The quantitative estimate of drug-likeness (QED) is 0.156. The Labute approximate surface area is 263 Å². The van der Waals surface area contributed by atoms with E-state index in [0.717, 1.165) is 38.5 Å². The Balaban J connectivity index is 1.15. The van der Waals surface area contributed by atoms with Crippen LogP contribution in [-0.2, 0) is 13.8 Å². The first-order valence-electron chi connectivity index (χ1n) is 16.3. The van der Waals surface area contributed by atoms with E-state index in [9.17, 15) is 19.0 Å². The molecular weight excluding hydrogens is 589 g/mol. The van der Waals surface area contributed by atoms with Crippen LogP contribution >= 0.6 is 7.60 Å². The van der Waals surface area contributed by atoms with Crippen molar-refractivity contribution >= 4 is 30.0 Å². The zero-order valence-electron chi connectivity index (χ0n) is 25.4. The molecule has 0 spiro atoms. The van der Waals surface area contributed by atoms with Crippen LogP contribution in [0, 0.1) is 23.7 Å². The van der Waals surface area contributed by atoms with Crippen molar-refractivity contribution in [2.24, 2.45) is 11.8 Å². The Kier molecular flexibility index (Phi) is 8.67. The summed E-state index contributed by atoms with van der Waals surface area (Å²) in [6, 6.07) is 16.6. The summed E-state index contributed by atoms with van der Waals surface area (Å²) in [5, 5.41) is 0. The van der Waals surface area contributed by atoms with E-state index in [1.807, 2.05) is 12.1 Å². The minimum absolute atomic E-state index is 0.139. The van der Waals surface area contributed by atoms with Crippen LogP contribution in [0.2, 0.25) is 0 Å². The molecule has 10 heteroatoms. The van der Waals surface area contributed by atoms with Gasteiger partial charge < -0.3 is 14.2 Å². The Hall–Kier alpha value is -3.28. The number of benzene rings is 2. The first-order valence-corrected chi connectivity index (χ1v) is 17.9. The number of para-hydroxylation sites is 2. The maximum Gasteiger partial charge on any atom is 0.385 e. The molecule has 8 rings (SSSR count). The third-order valence-corrected chi connectivity index (χ3v) is 11.6. The lowest BCUT2D eigenvalue weighted by Gasteiger charge is -2.54. The average Bonchev–Trinajstić information content (AvgIpc) is 3.00. The van der Waals surface area contributed by atoms with Gasteiger partial charge in [0.1, 0.15) is 0 Å². The number of aromatic nitrogens is 2. The maximum atomic E-state index is 14.1. The van der Waals surface area contributed by atoms with Gasteiger partial charge in [-0.25, -0.2) is 9.78 Å². The molecule has 236 valence electrons. The van der Waals surface area contributed by atoms with Crippen molar-refractivity contribution in [3.05, 3.63) is 70.5 Å². The number of esters is 1. The highest BCUT2D eigenvalue weighted by molar-refractivity contribution is 7.60. The molecule has 7 atom stereocenters. The lowest BCUT2D eigenvalue weighted by molar-refractivity contribution is -0.0324. The second kappa shape index (κ2) is 12.8. The fraction of sp³-hybridized carbons (Fsp3) is 0.514. The minimum Gasteiger partial charge on any atom is -0.434 e. The van der Waals surface area contributed by atoms with E-state index in [2.05, 4.69) is 21.7 Å². The largest absolute Gasteiger partial charge is 0.434 e. The van der Waals surface area contributed by atoms with E-state index in [4.69, 9.17) is 9.26 Å². The molecule has 2 aromatic carbocycles. The van der Waals surface area contributed by atoms with Crippen LogP contribution in [-0.4, -0.2) is 50.2 Å². The fourth-order valence-corrected chi connectivity index (χ4v) is 9.26. The van der Waals surface area contributed by atoms with Crippen LogP contribution < -0.4 is 11.0 Å². The molecule has 1 aromatic heterocycles. The summed E-state index contributed by atoms with van der Waals surface area (Å²) in [7, 11) is -4.74. The van der Waals surface area contributed by atoms with Gasteiger partial charge in [-0.3, -0.25) is 18.8 Å². The third kappa shape index (κ3) is 6.26. The Morgan fingerprint density at radius 2 is 1.64 bits per heavy atom. The summed E-state index contributed by atoms with van der Waals surface area (Å²) in [5.41, 5.74) is 0.212. The van der Waals surface area contributed by atoms with Crippen LogP contribution in [0.15, 0.2) is 59.4 Å². The molecule has 45 heavy (non-hydrogen) atoms. The normalized spacial score (nSPS) is 29.4. The first-order chi connectivity index (χ1) is 21.9. The van der Waals surface area contributed by atoms with Gasteiger partial charge >= 0.3 is 13.6 Å². The molecule has 0 radical (unpaired) electrons. The molecule has 1 saturated carbocycles. The highest BCUT2D eigenvalue weighted by Gasteiger charge is 2.44. The molecule has 4 bridgehead atoms. The summed E-state index contributed by atoms with van der Waals surface area (Å²) >= 11 is 0. The number of carbonyl (C=O) groups is 1. The average molecular weight is 630 g/mol. The van der Waals surface area contributed by atoms with Crippen LogP contribution in [0.1, 0.15) is 87.0 Å². The van der Waals surface area contributed by atoms with E-state index in [1.165, 1.54) is 32.1 Å². The molecule has 5 aliphatic rings. The third-order valence-electron chi connectivity index (χ3n) is 10.3. The number of hydrogen-bond acceptors (Lipinski definition) is 7. The van der Waals surface area contributed by atoms with Gasteiger partial charge in [-0.1, -0.05) is 49.1 Å². The summed E-state index contributed by atoms with van der Waals surface area (Å²) < 4.78 is 25.4. The summed E-state index contributed by atoms with van der Waals surface area (Å²) in [5.74, 6) is 7.47. The number of hydrogen-bond donors (Lipinski definition) is 1. The van der Waals surface area contributed by atoms with E-state index in [0.29, 0.717) is 41.0 Å². The standard InChI is InChI=1S/C35H40N3O6P/c39-34-33(45(41,42)44-23-43-35(40)26-13-2-1-3-14-26)36-31-17-4-5-18-32(31)38(34)30-21-27-15-8-16-28(22-30)37(27)29-19-24-9-6-10-25(20-29)12-7-11-24/h1-5,13-14,17-18,24-25,27-30H,6,8-11,15-16,19-23H2,(H,41,42)/t24-,25+,27-,28+,29+,30?/m0/s1. The van der Waals surface area contributed by atoms with Crippen molar-refractivity contribution in [3.8, 4) is 11.8 Å². The van der Waals surface area contributed by atoms with Crippen molar-refractivity contribution in [2.45, 2.75) is 94.8 Å². The minimum atomic E-state index is -4.74. The van der Waals surface area contributed by atoms with Crippen molar-refractivity contribution < 1.29 is 23.5 Å². The van der Waals surface area contributed by atoms with Gasteiger partial charge in [0.15, 0.2) is 0 Å². The number of carbonyl (C=O) groups excluding carboxylic acids is 1. The highest BCUT2D eigenvalue weighted by atomic mass is 31.2. The van der Waals surface area contributed by atoms with Gasteiger partial charge in [0.25, 0.3) is 5.56 Å². The van der Waals surface area contributed by atoms with Gasteiger partial charge in [0, 0.05) is 36.5 Å². The van der Waals surface area contributed by atoms with E-state index in [1.54, 1.807) is 47.0 Å². The lowest BCUT2D eigenvalue weighted by Crippen LogP contribution is -2.58. The van der Waals surface area contributed by atoms with E-state index >= 15 is 0 Å². The molecule has 3 aliphatic carbocycles. The summed E-state index contributed by atoms with van der Waals surface area (Å²) in [4.78, 5) is 44.6. The van der Waals surface area contributed by atoms with Crippen LogP contribution in [0.25, 0.3) is 11.0 Å². The second-order valence-electron chi connectivity index (χ2n) is 13.1. The van der Waals surface area contributed by atoms with Crippen molar-refractivity contribution in [2.75, 3.05) is 6.79 Å². The van der Waals surface area contributed by atoms with Crippen LogP contribution in [0.5, 0.6) is 0 Å². The predicted molar refractivity (Wildman–Crippen MR) is 171 cm³/mol. The van der Waals surface area contributed by atoms with Gasteiger partial charge in [-0.15, -0.1) is 5.92 Å². The van der Waals surface area contributed by atoms with Crippen molar-refractivity contribution in [3.63, 3.8) is 0 Å². The topological polar surface area (TPSA) is 111 Å². The number of nitrogens with zero attached hydrogens (tertiary/aromatic N) is 3. The molecule has 3 aromatic rings. The Bertz CT molecular complexity index is 1720. The zero-order valence-corrected chi connectivity index (χ0v) is 26.3. The second-order valence-corrected chi connectivity index (χ2v) is 14.8. The first kappa shape index (κ1) is 30.4. The van der Waals surface area contributed by atoms with Crippen LogP contribution in [0.4, 0.5) is 0 Å². The van der Waals surface area contributed by atoms with Gasteiger partial charge in [-0.05, 0) is 81.5 Å². The molecule has 1 N–H and O–H groups in total. The van der Waals surface area contributed by atoms with Crippen LogP contribution in [0.3, 0.4) is 0 Å². The molecule has 2 saturated heterocycles. The highest BCUT2D eigenvalue weighted by Crippen LogP contribution is 2.45. The van der Waals surface area contributed by atoms with Crippen molar-refractivity contribution in [1.82, 2.24) is 14.5 Å². The SMILES string of the molecule is O=C(OCOP(=O)(O)c1nc2ccccc2n(C2C[C@H]3CCC[C@@H](C2)N3[C@H]2C[C@H]3C#CC[C@H](CCC3)C2)c1=O)c1ccccc1. The fourth-order valence-electron chi connectivity index (χ4n) is 8.36. The number of rotatable bonds is 7. The molecule has 3 fully saturated rings. The summed E-state index contributed by atoms with van der Waals surface area (Å²) in [6.45, 7) is -0.786. The number of ether oxygens (including phenoxy) is 1. The predicted octanol–water partition coefficient (Wildman–Crippen LogP) is 5.57. The zero-order chi connectivity index (χ0) is 31.0. The molecule has 0 amide bonds. The van der Waals surface area contributed by atoms with Crippen molar-refractivity contribution in [1.29, 1.82) is 0 Å². The van der Waals surface area contributed by atoms with E-state index in [-0.39, 0.29) is 11.6 Å². The van der Waals surface area contributed by atoms with Gasteiger partial charge in [0.2, 0.25) is 12.2 Å². The molecule has 2 aliphatic heterocycles. The lowest BCUT2D eigenvalue weighted by atomic mass is 9.75. The number of piperidine rings is 2. The molecular formula is C35H40N3O6P. The Morgan fingerprint density at radius 1 is 0.911 bits per heavy atom.